The van der Waals surface area contributed by atoms with Gasteiger partial charge in [-0.15, -0.1) is 0 Å². The Morgan fingerprint density at radius 1 is 1.21 bits per heavy atom. The van der Waals surface area contributed by atoms with E-state index < -0.39 is 0 Å². The maximum Gasteiger partial charge on any atom is 0.267 e. The van der Waals surface area contributed by atoms with Crippen LogP contribution in [0.4, 0.5) is 0 Å². The van der Waals surface area contributed by atoms with Crippen LogP contribution < -0.4 is 9.47 Å². The lowest BCUT2D eigenvalue weighted by Gasteiger charge is -2.22. The molecule has 2 fully saturated rings. The summed E-state index contributed by atoms with van der Waals surface area (Å²) in [4.78, 5) is 17.3. The zero-order chi connectivity index (χ0) is 17.1. The molecule has 1 aromatic rings. The summed E-state index contributed by atoms with van der Waals surface area (Å²) in [5.41, 5.74) is 0.884. The van der Waals surface area contributed by atoms with E-state index in [0.717, 1.165) is 18.7 Å². The lowest BCUT2D eigenvalue weighted by molar-refractivity contribution is -0.123. The molecule has 24 heavy (non-hydrogen) atoms. The number of carbonyl (C=O) groups is 1. The normalized spacial score (nSPS) is 20.2. The third-order valence-corrected chi connectivity index (χ3v) is 5.50. The van der Waals surface area contributed by atoms with Crippen LogP contribution >= 0.6 is 24.0 Å². The van der Waals surface area contributed by atoms with Crippen molar-refractivity contribution in [3.05, 3.63) is 28.7 Å². The van der Waals surface area contributed by atoms with E-state index in [9.17, 15) is 4.79 Å². The molecule has 2 aliphatic heterocycles. The zero-order valence-corrected chi connectivity index (χ0v) is 15.4. The average Bonchev–Trinajstić information content (AvgIpc) is 3.19. The summed E-state index contributed by atoms with van der Waals surface area (Å²) >= 11 is 6.74. The smallest absolute Gasteiger partial charge is 0.267 e. The SMILES string of the molecule is COc1ccc(C=C2SC(=S)N(CN3CCCC3)C2=O)cc1OC. The maximum atomic E-state index is 12.7. The molecule has 7 heteroatoms. The van der Waals surface area contributed by atoms with Crippen LogP contribution in [0.5, 0.6) is 11.5 Å². The van der Waals surface area contributed by atoms with Gasteiger partial charge < -0.3 is 9.47 Å². The molecule has 0 saturated carbocycles. The maximum absolute atomic E-state index is 12.7. The number of thioether (sulfide) groups is 1. The molecular formula is C17H20N2O3S2. The molecule has 1 aromatic carbocycles. The molecule has 2 aliphatic rings. The number of hydrogen-bond donors (Lipinski definition) is 0. The van der Waals surface area contributed by atoms with Gasteiger partial charge >= 0.3 is 0 Å². The molecule has 0 radical (unpaired) electrons. The highest BCUT2D eigenvalue weighted by molar-refractivity contribution is 8.26. The summed E-state index contributed by atoms with van der Waals surface area (Å²) in [5, 5.41) is 0. The fourth-order valence-electron chi connectivity index (χ4n) is 2.84. The molecule has 0 bridgehead atoms. The Morgan fingerprint density at radius 3 is 2.58 bits per heavy atom. The van der Waals surface area contributed by atoms with Crippen molar-refractivity contribution in [1.29, 1.82) is 0 Å². The second-order valence-electron chi connectivity index (χ2n) is 5.69. The summed E-state index contributed by atoms with van der Waals surface area (Å²) in [7, 11) is 3.19. The average molecular weight is 364 g/mol. The van der Waals surface area contributed by atoms with E-state index in [-0.39, 0.29) is 5.91 Å². The largest absolute Gasteiger partial charge is 0.493 e. The van der Waals surface area contributed by atoms with Gasteiger partial charge in [-0.1, -0.05) is 30.0 Å². The van der Waals surface area contributed by atoms with Gasteiger partial charge in [0.15, 0.2) is 11.5 Å². The summed E-state index contributed by atoms with van der Waals surface area (Å²) in [6.45, 7) is 2.66. The first-order chi connectivity index (χ1) is 11.6. The third kappa shape index (κ3) is 3.58. The molecule has 0 aliphatic carbocycles. The number of thiocarbonyl (C=S) groups is 1. The van der Waals surface area contributed by atoms with Gasteiger partial charge in [-0.05, 0) is 49.7 Å². The van der Waals surface area contributed by atoms with Crippen LogP contribution in [-0.4, -0.2) is 54.0 Å². The van der Waals surface area contributed by atoms with Gasteiger partial charge in [0.2, 0.25) is 0 Å². The monoisotopic (exact) mass is 364 g/mol. The predicted molar refractivity (Wildman–Crippen MR) is 100 cm³/mol. The van der Waals surface area contributed by atoms with Crippen LogP contribution in [0.15, 0.2) is 23.1 Å². The van der Waals surface area contributed by atoms with E-state index in [1.165, 1.54) is 24.6 Å². The number of amides is 1. The van der Waals surface area contributed by atoms with E-state index in [2.05, 4.69) is 4.90 Å². The molecule has 3 rings (SSSR count). The van der Waals surface area contributed by atoms with Crippen molar-refractivity contribution in [3.63, 3.8) is 0 Å². The first-order valence-electron chi connectivity index (χ1n) is 7.82. The third-order valence-electron chi connectivity index (χ3n) is 4.12. The van der Waals surface area contributed by atoms with Crippen molar-refractivity contribution in [1.82, 2.24) is 9.80 Å². The summed E-state index contributed by atoms with van der Waals surface area (Å²) < 4.78 is 11.2. The van der Waals surface area contributed by atoms with Crippen LogP contribution in [-0.2, 0) is 4.79 Å². The van der Waals surface area contributed by atoms with Crippen LogP contribution in [0, 0.1) is 0 Å². The molecule has 1 amide bonds. The standard InChI is InChI=1S/C17H20N2O3S2/c1-21-13-6-5-12(9-14(13)22-2)10-15-16(20)19(17(23)24-15)11-18-7-3-4-8-18/h5-6,9-10H,3-4,7-8,11H2,1-2H3. The van der Waals surface area contributed by atoms with E-state index >= 15 is 0 Å². The number of hydrogen-bond acceptors (Lipinski definition) is 6. The molecular weight excluding hydrogens is 344 g/mol. The Bertz CT molecular complexity index is 684. The highest BCUT2D eigenvalue weighted by Crippen LogP contribution is 2.34. The first-order valence-corrected chi connectivity index (χ1v) is 9.04. The van der Waals surface area contributed by atoms with Gasteiger partial charge in [0.1, 0.15) is 4.32 Å². The Kier molecular flexibility index (Phi) is 5.43. The molecule has 0 atom stereocenters. The Labute approximate surface area is 151 Å². The highest BCUT2D eigenvalue weighted by Gasteiger charge is 2.33. The van der Waals surface area contributed by atoms with Gasteiger partial charge in [-0.25, -0.2) is 0 Å². The number of rotatable bonds is 5. The fraction of sp³-hybridized carbons (Fsp3) is 0.412. The van der Waals surface area contributed by atoms with Crippen LogP contribution in [0.1, 0.15) is 18.4 Å². The quantitative estimate of drug-likeness (QED) is 0.591. The van der Waals surface area contributed by atoms with Gasteiger partial charge in [-0.2, -0.15) is 0 Å². The van der Waals surface area contributed by atoms with Crippen molar-refractivity contribution in [2.45, 2.75) is 12.8 Å². The number of benzene rings is 1. The van der Waals surface area contributed by atoms with Crippen molar-refractivity contribution >= 4 is 40.3 Å². The van der Waals surface area contributed by atoms with Gasteiger partial charge in [0.25, 0.3) is 5.91 Å². The number of nitrogens with zero attached hydrogens (tertiary/aromatic N) is 2. The molecule has 0 N–H and O–H groups in total. The molecule has 2 saturated heterocycles. The van der Waals surface area contributed by atoms with Crippen molar-refractivity contribution < 1.29 is 14.3 Å². The van der Waals surface area contributed by atoms with Gasteiger partial charge in [0, 0.05) is 0 Å². The van der Waals surface area contributed by atoms with Crippen molar-refractivity contribution in [2.75, 3.05) is 34.0 Å². The number of carbonyl (C=O) groups excluding carboxylic acids is 1. The van der Waals surface area contributed by atoms with E-state index in [0.29, 0.717) is 27.4 Å². The topological polar surface area (TPSA) is 42.0 Å². The Balaban J connectivity index is 1.78. The number of methoxy groups -OCH3 is 2. The minimum atomic E-state index is -0.0216. The van der Waals surface area contributed by atoms with Crippen LogP contribution in [0.2, 0.25) is 0 Å². The molecule has 5 nitrogen and oxygen atoms in total. The van der Waals surface area contributed by atoms with E-state index in [1.54, 1.807) is 19.1 Å². The number of likely N-dealkylation sites (tertiary alicyclic amines) is 1. The van der Waals surface area contributed by atoms with E-state index in [1.807, 2.05) is 24.3 Å². The van der Waals surface area contributed by atoms with Crippen molar-refractivity contribution in [3.8, 4) is 11.5 Å². The summed E-state index contributed by atoms with van der Waals surface area (Å²) in [5.74, 6) is 1.28. The van der Waals surface area contributed by atoms with Crippen LogP contribution in [0.25, 0.3) is 6.08 Å². The van der Waals surface area contributed by atoms with Gasteiger partial charge in [0.05, 0.1) is 25.8 Å². The minimum Gasteiger partial charge on any atom is -0.493 e. The molecule has 0 spiro atoms. The Hall–Kier alpha value is -1.57. The summed E-state index contributed by atoms with van der Waals surface area (Å²) in [6, 6.07) is 5.58. The first kappa shape index (κ1) is 17.3. The lowest BCUT2D eigenvalue weighted by Crippen LogP contribution is -2.38. The van der Waals surface area contributed by atoms with Crippen LogP contribution in [0.3, 0.4) is 0 Å². The minimum absolute atomic E-state index is 0.0216. The second-order valence-corrected chi connectivity index (χ2v) is 7.37. The van der Waals surface area contributed by atoms with E-state index in [4.69, 9.17) is 21.7 Å². The molecule has 0 unspecified atom stereocenters. The second kappa shape index (κ2) is 7.55. The zero-order valence-electron chi connectivity index (χ0n) is 13.8. The fourth-order valence-corrected chi connectivity index (χ4v) is 4.08. The Morgan fingerprint density at radius 2 is 1.92 bits per heavy atom. The lowest BCUT2D eigenvalue weighted by atomic mass is 10.2. The summed E-state index contributed by atoms with van der Waals surface area (Å²) in [6.07, 6.45) is 4.23. The number of ether oxygens (including phenoxy) is 2. The molecule has 128 valence electrons. The molecule has 2 heterocycles. The highest BCUT2D eigenvalue weighted by atomic mass is 32.2. The predicted octanol–water partition coefficient (Wildman–Crippen LogP) is 2.96. The van der Waals surface area contributed by atoms with Crippen molar-refractivity contribution in [2.24, 2.45) is 0 Å². The van der Waals surface area contributed by atoms with Gasteiger partial charge in [-0.3, -0.25) is 14.6 Å². The molecule has 0 aromatic heterocycles.